The Morgan fingerprint density at radius 1 is 1.50 bits per heavy atom. The van der Waals surface area contributed by atoms with Gasteiger partial charge in [-0.3, -0.25) is 4.57 Å². The van der Waals surface area contributed by atoms with Gasteiger partial charge in [0.1, 0.15) is 24.1 Å². The zero-order chi connectivity index (χ0) is 13.4. The van der Waals surface area contributed by atoms with E-state index in [4.69, 9.17) is 27.2 Å². The molecule has 0 unspecified atom stereocenters. The van der Waals surface area contributed by atoms with Crippen LogP contribution in [0.5, 0.6) is 0 Å². The number of nitrogens with two attached hydrogens (primary N) is 1. The van der Waals surface area contributed by atoms with Crippen LogP contribution in [0.1, 0.15) is 6.23 Å². The Kier molecular flexibility index (Phi) is 3.55. The van der Waals surface area contributed by atoms with Crippen molar-refractivity contribution in [2.75, 3.05) is 12.3 Å². The highest BCUT2D eigenvalue weighted by atomic mass is 35.5. The molecule has 9 heteroatoms. The van der Waals surface area contributed by atoms with Gasteiger partial charge in [0, 0.05) is 6.20 Å². The molecule has 5 N–H and O–H groups in total. The Morgan fingerprint density at radius 2 is 2.17 bits per heavy atom. The highest BCUT2D eigenvalue weighted by Crippen LogP contribution is 2.29. The molecule has 18 heavy (non-hydrogen) atoms. The average molecular weight is 278 g/mol. The normalized spacial score (nSPS) is 31.8. The van der Waals surface area contributed by atoms with Crippen LogP contribution in [0.25, 0.3) is 0 Å². The smallest absolute Gasteiger partial charge is 0.351 e. The van der Waals surface area contributed by atoms with Crippen molar-refractivity contribution in [3.05, 3.63) is 21.7 Å². The van der Waals surface area contributed by atoms with Crippen molar-refractivity contribution < 1.29 is 20.1 Å². The third-order valence-electron chi connectivity index (χ3n) is 2.73. The third kappa shape index (κ3) is 2.08. The molecular weight excluding hydrogens is 266 g/mol. The minimum Gasteiger partial charge on any atom is -0.394 e. The molecule has 0 aromatic carbocycles. The number of hydrogen-bond donors (Lipinski definition) is 4. The fraction of sp³-hybridized carbons (Fsp3) is 0.556. The summed E-state index contributed by atoms with van der Waals surface area (Å²) in [6.45, 7) is -0.486. The summed E-state index contributed by atoms with van der Waals surface area (Å²) in [7, 11) is 0. The molecule has 1 aliphatic heterocycles. The van der Waals surface area contributed by atoms with E-state index in [9.17, 15) is 15.0 Å². The second kappa shape index (κ2) is 4.82. The number of ether oxygens (including phenoxy) is 1. The maximum Gasteiger partial charge on any atom is 0.351 e. The largest absolute Gasteiger partial charge is 0.394 e. The first kappa shape index (κ1) is 13.2. The van der Waals surface area contributed by atoms with Crippen LogP contribution >= 0.6 is 11.6 Å². The first-order valence-corrected chi connectivity index (χ1v) is 5.50. The van der Waals surface area contributed by atoms with Gasteiger partial charge in [-0.1, -0.05) is 11.6 Å². The maximum atomic E-state index is 11.6. The molecule has 1 aromatic rings. The van der Waals surface area contributed by atoms with Gasteiger partial charge in [0.15, 0.2) is 6.23 Å². The average Bonchev–Trinajstić information content (AvgIpc) is 2.61. The van der Waals surface area contributed by atoms with Gasteiger partial charge in [-0.25, -0.2) is 4.79 Å². The molecule has 4 atom stereocenters. The molecule has 100 valence electrons. The van der Waals surface area contributed by atoms with Gasteiger partial charge >= 0.3 is 5.69 Å². The van der Waals surface area contributed by atoms with Crippen LogP contribution in [0.4, 0.5) is 5.82 Å². The van der Waals surface area contributed by atoms with E-state index in [2.05, 4.69) is 4.98 Å². The molecule has 1 fully saturated rings. The summed E-state index contributed by atoms with van der Waals surface area (Å²) in [6, 6.07) is 0. The monoisotopic (exact) mass is 277 g/mol. The molecule has 0 spiro atoms. The minimum atomic E-state index is -1.37. The molecule has 0 radical (unpaired) electrons. The summed E-state index contributed by atoms with van der Waals surface area (Å²) in [6.07, 6.45) is -3.67. The van der Waals surface area contributed by atoms with Gasteiger partial charge in [0.25, 0.3) is 0 Å². The summed E-state index contributed by atoms with van der Waals surface area (Å²) in [4.78, 5) is 15.1. The fourth-order valence-electron chi connectivity index (χ4n) is 1.75. The summed E-state index contributed by atoms with van der Waals surface area (Å²) >= 11 is 5.72. The van der Waals surface area contributed by atoms with Crippen LogP contribution in [0.2, 0.25) is 5.02 Å². The lowest BCUT2D eigenvalue weighted by atomic mass is 10.1. The molecule has 2 heterocycles. The fourth-order valence-corrected chi connectivity index (χ4v) is 1.90. The van der Waals surface area contributed by atoms with Crippen LogP contribution in [-0.4, -0.2) is 49.8 Å². The van der Waals surface area contributed by atoms with Crippen molar-refractivity contribution in [3.63, 3.8) is 0 Å². The highest BCUT2D eigenvalue weighted by Gasteiger charge is 2.43. The van der Waals surface area contributed by atoms with Crippen molar-refractivity contribution in [2.24, 2.45) is 0 Å². The zero-order valence-corrected chi connectivity index (χ0v) is 9.86. The van der Waals surface area contributed by atoms with E-state index < -0.39 is 36.8 Å². The predicted molar refractivity (Wildman–Crippen MR) is 60.9 cm³/mol. The third-order valence-corrected chi connectivity index (χ3v) is 3.02. The number of anilines is 1. The number of aromatic nitrogens is 2. The zero-order valence-electron chi connectivity index (χ0n) is 9.10. The lowest BCUT2D eigenvalue weighted by Crippen LogP contribution is -2.36. The number of rotatable bonds is 2. The van der Waals surface area contributed by atoms with Crippen molar-refractivity contribution in [3.8, 4) is 0 Å². The first-order valence-electron chi connectivity index (χ1n) is 5.12. The molecular formula is C9H12ClN3O5. The van der Waals surface area contributed by atoms with E-state index in [1.54, 1.807) is 0 Å². The second-order valence-corrected chi connectivity index (χ2v) is 4.30. The molecule has 1 aliphatic rings. The number of aliphatic hydroxyl groups is 3. The number of hydrogen-bond acceptors (Lipinski definition) is 7. The van der Waals surface area contributed by atoms with E-state index in [0.29, 0.717) is 0 Å². The van der Waals surface area contributed by atoms with E-state index in [1.807, 2.05) is 0 Å². The van der Waals surface area contributed by atoms with Gasteiger partial charge in [0.05, 0.1) is 11.6 Å². The quantitative estimate of drug-likeness (QED) is 0.496. The summed E-state index contributed by atoms with van der Waals surface area (Å²) in [5.74, 6) is -0.135. The molecule has 0 bridgehead atoms. The van der Waals surface area contributed by atoms with E-state index in [-0.39, 0.29) is 10.8 Å². The number of nitrogens with zero attached hydrogens (tertiary/aromatic N) is 2. The Hall–Kier alpha value is -1.19. The van der Waals surface area contributed by atoms with Crippen LogP contribution < -0.4 is 11.4 Å². The maximum absolute atomic E-state index is 11.6. The van der Waals surface area contributed by atoms with E-state index >= 15 is 0 Å². The summed E-state index contributed by atoms with van der Waals surface area (Å²) < 4.78 is 6.09. The van der Waals surface area contributed by atoms with Gasteiger partial charge in [-0.15, -0.1) is 0 Å². The van der Waals surface area contributed by atoms with Crippen molar-refractivity contribution >= 4 is 17.4 Å². The summed E-state index contributed by atoms with van der Waals surface area (Å²) in [5.41, 5.74) is 4.58. The Bertz CT molecular complexity index is 507. The molecule has 0 saturated carbocycles. The van der Waals surface area contributed by atoms with Crippen molar-refractivity contribution in [1.29, 1.82) is 0 Å². The number of aliphatic hydroxyl groups excluding tert-OH is 3. The Balaban J connectivity index is 2.39. The lowest BCUT2D eigenvalue weighted by molar-refractivity contribution is -0.0549. The number of halogens is 1. The van der Waals surface area contributed by atoms with E-state index in [1.165, 1.54) is 0 Å². The van der Waals surface area contributed by atoms with Gasteiger partial charge < -0.3 is 25.8 Å². The van der Waals surface area contributed by atoms with Crippen LogP contribution in [0.3, 0.4) is 0 Å². The molecule has 8 nitrogen and oxygen atoms in total. The number of nitrogen functional groups attached to an aromatic ring is 1. The van der Waals surface area contributed by atoms with Crippen LogP contribution in [0.15, 0.2) is 11.0 Å². The SMILES string of the molecule is Nc1nc(=O)n([C@H]2O[C@@H](CO)[C@H](O)[C@@H]2O)cc1Cl. The molecule has 0 amide bonds. The Labute approximate surface area is 106 Å². The Morgan fingerprint density at radius 3 is 2.72 bits per heavy atom. The standard InChI is InChI=1S/C9H12ClN3O5/c10-3-1-13(9(17)12-7(3)11)8-6(16)5(15)4(2-14)18-8/h1,4-6,8,14-16H,2H2,(H2,11,12,17)/t4-,5-,6-,8-/m0/s1. The summed E-state index contributed by atoms with van der Waals surface area (Å²) in [5, 5.41) is 28.3. The highest BCUT2D eigenvalue weighted by molar-refractivity contribution is 6.32. The molecule has 0 aliphatic carbocycles. The van der Waals surface area contributed by atoms with Crippen molar-refractivity contribution in [2.45, 2.75) is 24.5 Å². The van der Waals surface area contributed by atoms with Crippen LogP contribution in [0, 0.1) is 0 Å². The van der Waals surface area contributed by atoms with Gasteiger partial charge in [0.2, 0.25) is 0 Å². The first-order chi connectivity index (χ1) is 8.45. The molecule has 1 aromatic heterocycles. The van der Waals surface area contributed by atoms with Gasteiger partial charge in [-0.2, -0.15) is 4.98 Å². The van der Waals surface area contributed by atoms with Crippen molar-refractivity contribution in [1.82, 2.24) is 9.55 Å². The van der Waals surface area contributed by atoms with E-state index in [0.717, 1.165) is 10.8 Å². The topological polar surface area (TPSA) is 131 Å². The lowest BCUT2D eigenvalue weighted by Gasteiger charge is -2.17. The molecule has 1 saturated heterocycles. The second-order valence-electron chi connectivity index (χ2n) is 3.89. The predicted octanol–water partition coefficient (Wildman–Crippen LogP) is -1.91. The minimum absolute atomic E-state index is 0.0207. The van der Waals surface area contributed by atoms with Crippen LogP contribution in [-0.2, 0) is 4.74 Å². The molecule has 2 rings (SSSR count). The van der Waals surface area contributed by atoms with Gasteiger partial charge in [-0.05, 0) is 0 Å².